The van der Waals surface area contributed by atoms with Gasteiger partial charge >= 0.3 is 6.03 Å². The zero-order valence-electron chi connectivity index (χ0n) is 16.1. The average molecular weight is 363 g/mol. The van der Waals surface area contributed by atoms with Gasteiger partial charge in [0, 0.05) is 31.6 Å². The summed E-state index contributed by atoms with van der Waals surface area (Å²) < 4.78 is 13.3. The molecule has 3 amide bonds. The van der Waals surface area contributed by atoms with Gasteiger partial charge in [-0.2, -0.15) is 0 Å². The monoisotopic (exact) mass is 363 g/mol. The highest BCUT2D eigenvalue weighted by molar-refractivity contribution is 5.83. The third-order valence-electron chi connectivity index (χ3n) is 4.68. The standard InChI is InChI=1S/C20H30FN3O2/c1-13(2)9-10-22-19(25)18-12-24(20(26)23-14(3)4)11-17(18)15-5-7-16(21)8-6-15/h5-8,13-14,17-18H,9-12H2,1-4H3,(H,22,25)(H,23,26)/t17-,18+/m1/s1. The third-order valence-corrected chi connectivity index (χ3v) is 4.68. The van der Waals surface area contributed by atoms with Gasteiger partial charge in [-0.3, -0.25) is 4.79 Å². The molecule has 1 aromatic rings. The summed E-state index contributed by atoms with van der Waals surface area (Å²) >= 11 is 0. The molecule has 1 saturated heterocycles. The number of amides is 3. The number of nitrogens with one attached hydrogen (secondary N) is 2. The second kappa shape index (κ2) is 9.01. The van der Waals surface area contributed by atoms with E-state index in [1.54, 1.807) is 17.0 Å². The average Bonchev–Trinajstić information content (AvgIpc) is 3.00. The molecule has 0 bridgehead atoms. The molecule has 2 rings (SSSR count). The molecular weight excluding hydrogens is 333 g/mol. The molecule has 0 unspecified atom stereocenters. The fraction of sp³-hybridized carbons (Fsp3) is 0.600. The van der Waals surface area contributed by atoms with Crippen LogP contribution < -0.4 is 10.6 Å². The number of nitrogens with zero attached hydrogens (tertiary/aromatic N) is 1. The summed E-state index contributed by atoms with van der Waals surface area (Å²) in [6, 6.07) is 6.09. The molecule has 0 saturated carbocycles. The molecule has 0 aromatic heterocycles. The molecular formula is C20H30FN3O2. The SMILES string of the molecule is CC(C)CCNC(=O)[C@H]1CN(C(=O)NC(C)C)C[C@@H]1c1ccc(F)cc1. The highest BCUT2D eigenvalue weighted by Crippen LogP contribution is 2.33. The van der Waals surface area contributed by atoms with Crippen molar-refractivity contribution in [1.82, 2.24) is 15.5 Å². The van der Waals surface area contributed by atoms with Crippen molar-refractivity contribution in [2.24, 2.45) is 11.8 Å². The lowest BCUT2D eigenvalue weighted by atomic mass is 9.88. The highest BCUT2D eigenvalue weighted by Gasteiger charge is 2.40. The molecule has 1 aliphatic rings. The van der Waals surface area contributed by atoms with E-state index >= 15 is 0 Å². The van der Waals surface area contributed by atoms with Crippen molar-refractivity contribution < 1.29 is 14.0 Å². The first-order chi connectivity index (χ1) is 12.3. The summed E-state index contributed by atoms with van der Waals surface area (Å²) in [4.78, 5) is 26.8. The molecule has 2 N–H and O–H groups in total. The number of carbonyl (C=O) groups excluding carboxylic acids is 2. The zero-order valence-corrected chi connectivity index (χ0v) is 16.1. The van der Waals surface area contributed by atoms with Gasteiger partial charge in [0.2, 0.25) is 5.91 Å². The molecule has 0 aliphatic carbocycles. The minimum atomic E-state index is -0.328. The van der Waals surface area contributed by atoms with Gasteiger partial charge in [-0.1, -0.05) is 26.0 Å². The molecule has 1 aromatic carbocycles. The van der Waals surface area contributed by atoms with Crippen LogP contribution >= 0.6 is 0 Å². The van der Waals surface area contributed by atoms with Gasteiger partial charge in [0.05, 0.1) is 5.92 Å². The molecule has 26 heavy (non-hydrogen) atoms. The first-order valence-corrected chi connectivity index (χ1v) is 9.36. The Balaban J connectivity index is 2.13. The van der Waals surface area contributed by atoms with Crippen molar-refractivity contribution in [3.05, 3.63) is 35.6 Å². The van der Waals surface area contributed by atoms with Gasteiger partial charge < -0.3 is 15.5 Å². The Morgan fingerprint density at radius 3 is 2.38 bits per heavy atom. The third kappa shape index (κ3) is 5.44. The van der Waals surface area contributed by atoms with Crippen molar-refractivity contribution in [3.63, 3.8) is 0 Å². The summed E-state index contributed by atoms with van der Waals surface area (Å²) in [7, 11) is 0. The smallest absolute Gasteiger partial charge is 0.317 e. The fourth-order valence-corrected chi connectivity index (χ4v) is 3.24. The number of rotatable bonds is 6. The number of hydrogen-bond donors (Lipinski definition) is 2. The van der Waals surface area contributed by atoms with Crippen molar-refractivity contribution in [2.45, 2.75) is 46.1 Å². The van der Waals surface area contributed by atoms with Crippen molar-refractivity contribution in [2.75, 3.05) is 19.6 Å². The predicted molar refractivity (Wildman–Crippen MR) is 100 cm³/mol. The topological polar surface area (TPSA) is 61.4 Å². The minimum absolute atomic E-state index is 0.0330. The van der Waals surface area contributed by atoms with E-state index in [0.29, 0.717) is 25.6 Å². The molecule has 6 heteroatoms. The molecule has 1 aliphatic heterocycles. The Kier molecular flexibility index (Phi) is 7.00. The van der Waals surface area contributed by atoms with Crippen LogP contribution in [0.4, 0.5) is 9.18 Å². The van der Waals surface area contributed by atoms with Crippen LogP contribution in [0.1, 0.15) is 45.6 Å². The second-order valence-electron chi connectivity index (χ2n) is 7.75. The molecule has 0 spiro atoms. The molecule has 144 valence electrons. The number of carbonyl (C=O) groups is 2. The summed E-state index contributed by atoms with van der Waals surface area (Å²) in [6.07, 6.45) is 0.914. The van der Waals surface area contributed by atoms with Crippen molar-refractivity contribution in [1.29, 1.82) is 0 Å². The Hall–Kier alpha value is -2.11. The Morgan fingerprint density at radius 2 is 1.81 bits per heavy atom. The van der Waals surface area contributed by atoms with Crippen LogP contribution in [0, 0.1) is 17.7 Å². The van der Waals surface area contributed by atoms with Gasteiger partial charge in [0.25, 0.3) is 0 Å². The molecule has 2 atom stereocenters. The highest BCUT2D eigenvalue weighted by atomic mass is 19.1. The van der Waals surface area contributed by atoms with Crippen LogP contribution in [0.25, 0.3) is 0 Å². The van der Waals surface area contributed by atoms with E-state index in [2.05, 4.69) is 24.5 Å². The summed E-state index contributed by atoms with van der Waals surface area (Å²) in [5, 5.41) is 5.87. The minimum Gasteiger partial charge on any atom is -0.356 e. The largest absolute Gasteiger partial charge is 0.356 e. The normalized spacial score (nSPS) is 19.9. The fourth-order valence-electron chi connectivity index (χ4n) is 3.24. The number of likely N-dealkylation sites (tertiary alicyclic amines) is 1. The lowest BCUT2D eigenvalue weighted by Gasteiger charge is -2.19. The number of benzene rings is 1. The quantitative estimate of drug-likeness (QED) is 0.816. The summed E-state index contributed by atoms with van der Waals surface area (Å²) in [6.45, 7) is 9.48. The lowest BCUT2D eigenvalue weighted by Crippen LogP contribution is -2.42. The number of hydrogen-bond acceptors (Lipinski definition) is 2. The first-order valence-electron chi connectivity index (χ1n) is 9.36. The van der Waals surface area contributed by atoms with Gasteiger partial charge in [-0.25, -0.2) is 9.18 Å². The predicted octanol–water partition coefficient (Wildman–Crippen LogP) is 3.12. The van der Waals surface area contributed by atoms with Crippen molar-refractivity contribution >= 4 is 11.9 Å². The Morgan fingerprint density at radius 1 is 1.15 bits per heavy atom. The van der Waals surface area contributed by atoms with E-state index in [4.69, 9.17) is 0 Å². The van der Waals surface area contributed by atoms with Gasteiger partial charge in [0.15, 0.2) is 0 Å². The van der Waals surface area contributed by atoms with Gasteiger partial charge in [0.1, 0.15) is 5.82 Å². The van der Waals surface area contributed by atoms with Crippen LogP contribution in [0.3, 0.4) is 0 Å². The van der Waals surface area contributed by atoms with Crippen LogP contribution in [0.15, 0.2) is 24.3 Å². The van der Waals surface area contributed by atoms with Crippen molar-refractivity contribution in [3.8, 4) is 0 Å². The van der Waals surface area contributed by atoms with Gasteiger partial charge in [-0.05, 0) is 43.9 Å². The van der Waals surface area contributed by atoms with Crippen LogP contribution in [0.5, 0.6) is 0 Å². The molecule has 1 fully saturated rings. The van der Waals surface area contributed by atoms with Crippen LogP contribution in [0.2, 0.25) is 0 Å². The van der Waals surface area contributed by atoms with E-state index in [1.807, 2.05) is 13.8 Å². The number of halogens is 1. The van der Waals surface area contributed by atoms with Crippen LogP contribution in [-0.2, 0) is 4.79 Å². The maximum atomic E-state index is 13.3. The van der Waals surface area contributed by atoms with Crippen LogP contribution in [-0.4, -0.2) is 42.5 Å². The summed E-state index contributed by atoms with van der Waals surface area (Å²) in [5.74, 6) is -0.294. The summed E-state index contributed by atoms with van der Waals surface area (Å²) in [5.41, 5.74) is 0.884. The van der Waals surface area contributed by atoms with Gasteiger partial charge in [-0.15, -0.1) is 0 Å². The maximum Gasteiger partial charge on any atom is 0.317 e. The van der Waals surface area contributed by atoms with E-state index < -0.39 is 0 Å². The van der Waals surface area contributed by atoms with E-state index in [-0.39, 0.29) is 35.6 Å². The van der Waals surface area contributed by atoms with E-state index in [1.165, 1.54) is 12.1 Å². The Labute approximate surface area is 155 Å². The Bertz CT molecular complexity index is 616. The molecule has 5 nitrogen and oxygen atoms in total. The lowest BCUT2D eigenvalue weighted by molar-refractivity contribution is -0.124. The van der Waals surface area contributed by atoms with E-state index in [9.17, 15) is 14.0 Å². The van der Waals surface area contributed by atoms with E-state index in [0.717, 1.165) is 12.0 Å². The number of urea groups is 1. The zero-order chi connectivity index (χ0) is 19.3. The molecule has 0 radical (unpaired) electrons. The maximum absolute atomic E-state index is 13.3. The second-order valence-corrected chi connectivity index (χ2v) is 7.75. The molecule has 1 heterocycles. The first kappa shape index (κ1) is 20.2.